The summed E-state index contributed by atoms with van der Waals surface area (Å²) in [6.07, 6.45) is 9.65. The Morgan fingerprint density at radius 1 is 1.00 bits per heavy atom. The summed E-state index contributed by atoms with van der Waals surface area (Å²) >= 11 is 0. The number of aromatic nitrogens is 3. The molecule has 2 fully saturated rings. The summed E-state index contributed by atoms with van der Waals surface area (Å²) in [4.78, 5) is 16.3. The first-order valence-corrected chi connectivity index (χ1v) is 12.3. The Kier molecular flexibility index (Phi) is 8.15. The zero-order chi connectivity index (χ0) is 23.0. The van der Waals surface area contributed by atoms with Crippen LogP contribution >= 0.6 is 0 Å². The quantitative estimate of drug-likeness (QED) is 0.463. The first-order chi connectivity index (χ1) is 16.1. The van der Waals surface area contributed by atoms with Gasteiger partial charge < -0.3 is 20.7 Å². The summed E-state index contributed by atoms with van der Waals surface area (Å²) in [6.45, 7) is 5.18. The van der Waals surface area contributed by atoms with Gasteiger partial charge in [0.2, 0.25) is 17.8 Å². The van der Waals surface area contributed by atoms with Gasteiger partial charge in [0.1, 0.15) is 0 Å². The Bertz CT molecular complexity index is 904. The Labute approximate surface area is 195 Å². The molecular formula is C24H36FN7O. The van der Waals surface area contributed by atoms with Crippen LogP contribution < -0.4 is 20.7 Å². The van der Waals surface area contributed by atoms with Crippen LogP contribution in [0.2, 0.25) is 0 Å². The molecule has 0 bridgehead atoms. The monoisotopic (exact) mass is 457 g/mol. The maximum Gasteiger partial charge on any atom is 0.233 e. The van der Waals surface area contributed by atoms with E-state index in [1.54, 1.807) is 12.1 Å². The van der Waals surface area contributed by atoms with Gasteiger partial charge >= 0.3 is 0 Å². The second-order valence-electron chi connectivity index (χ2n) is 8.92. The second-order valence-corrected chi connectivity index (χ2v) is 8.92. The molecule has 33 heavy (non-hydrogen) atoms. The second kappa shape index (κ2) is 11.4. The standard InChI is InChI=1S/C24H36FN7O/c1-3-32-14-8-11-19(32)16-26-22-29-23(27-17-9-6-4-5-7-10-17)31-24(30-22)28-18-12-13-21(33-2)20(25)15-18/h12-13,15,17,19H,3-11,14,16H2,1-2H3,(H3,26,27,28,29,30,31)/t19-/m0/s1. The zero-order valence-electron chi connectivity index (χ0n) is 19.7. The van der Waals surface area contributed by atoms with Crippen molar-refractivity contribution in [2.75, 3.05) is 42.7 Å². The number of halogens is 1. The van der Waals surface area contributed by atoms with Gasteiger partial charge in [-0.2, -0.15) is 15.0 Å². The molecule has 0 radical (unpaired) electrons. The van der Waals surface area contributed by atoms with Gasteiger partial charge in [-0.3, -0.25) is 4.90 Å². The molecule has 2 aromatic rings. The van der Waals surface area contributed by atoms with Crippen LogP contribution in [-0.2, 0) is 0 Å². The fourth-order valence-electron chi connectivity index (χ4n) is 4.81. The van der Waals surface area contributed by atoms with E-state index >= 15 is 0 Å². The number of likely N-dealkylation sites (tertiary alicyclic amines) is 1. The van der Waals surface area contributed by atoms with E-state index in [9.17, 15) is 4.39 Å². The van der Waals surface area contributed by atoms with Crippen molar-refractivity contribution in [3.63, 3.8) is 0 Å². The van der Waals surface area contributed by atoms with Gasteiger partial charge in [-0.25, -0.2) is 4.39 Å². The fourth-order valence-corrected chi connectivity index (χ4v) is 4.81. The molecule has 2 aliphatic rings. The zero-order valence-corrected chi connectivity index (χ0v) is 19.7. The van der Waals surface area contributed by atoms with E-state index in [4.69, 9.17) is 4.74 Å². The molecule has 180 valence electrons. The molecule has 0 amide bonds. The van der Waals surface area contributed by atoms with Crippen LogP contribution in [0, 0.1) is 5.82 Å². The van der Waals surface area contributed by atoms with Crippen molar-refractivity contribution in [1.29, 1.82) is 0 Å². The first kappa shape index (κ1) is 23.5. The lowest BCUT2D eigenvalue weighted by molar-refractivity contribution is 0.277. The third-order valence-corrected chi connectivity index (χ3v) is 6.63. The highest BCUT2D eigenvalue weighted by molar-refractivity contribution is 5.57. The summed E-state index contributed by atoms with van der Waals surface area (Å²) < 4.78 is 19.2. The SMILES string of the molecule is CCN1CCC[C@H]1CNc1nc(Nc2ccc(OC)c(F)c2)nc(NC2CCCCCC2)n1. The highest BCUT2D eigenvalue weighted by Gasteiger charge is 2.23. The highest BCUT2D eigenvalue weighted by atomic mass is 19.1. The van der Waals surface area contributed by atoms with E-state index in [0.29, 0.717) is 35.6 Å². The minimum Gasteiger partial charge on any atom is -0.494 e. The van der Waals surface area contributed by atoms with Crippen molar-refractivity contribution in [3.05, 3.63) is 24.0 Å². The summed E-state index contributed by atoms with van der Waals surface area (Å²) in [5, 5.41) is 10.1. The van der Waals surface area contributed by atoms with Crippen LogP contribution in [0.25, 0.3) is 0 Å². The van der Waals surface area contributed by atoms with Crippen LogP contribution in [0.5, 0.6) is 5.75 Å². The number of benzene rings is 1. The molecule has 4 rings (SSSR count). The van der Waals surface area contributed by atoms with E-state index in [-0.39, 0.29) is 5.75 Å². The average molecular weight is 458 g/mol. The molecule has 0 unspecified atom stereocenters. The smallest absolute Gasteiger partial charge is 0.233 e. The molecule has 1 aliphatic carbocycles. The van der Waals surface area contributed by atoms with E-state index in [2.05, 4.69) is 42.7 Å². The molecule has 1 aromatic carbocycles. The molecular weight excluding hydrogens is 421 g/mol. The van der Waals surface area contributed by atoms with E-state index < -0.39 is 5.82 Å². The first-order valence-electron chi connectivity index (χ1n) is 12.3. The minimum atomic E-state index is -0.437. The van der Waals surface area contributed by atoms with Gasteiger partial charge in [-0.05, 0) is 50.9 Å². The largest absolute Gasteiger partial charge is 0.494 e. The van der Waals surface area contributed by atoms with Gasteiger partial charge in [0.25, 0.3) is 0 Å². The Balaban J connectivity index is 1.52. The van der Waals surface area contributed by atoms with Crippen molar-refractivity contribution in [3.8, 4) is 5.75 Å². The molecule has 1 saturated heterocycles. The predicted molar refractivity (Wildman–Crippen MR) is 130 cm³/mol. The molecule has 1 saturated carbocycles. The van der Waals surface area contributed by atoms with Crippen molar-refractivity contribution >= 4 is 23.5 Å². The number of anilines is 4. The Hall–Kier alpha value is -2.68. The van der Waals surface area contributed by atoms with Crippen molar-refractivity contribution in [1.82, 2.24) is 19.9 Å². The van der Waals surface area contributed by atoms with E-state index in [1.807, 2.05) is 0 Å². The fraction of sp³-hybridized carbons (Fsp3) is 0.625. The molecule has 1 aromatic heterocycles. The van der Waals surface area contributed by atoms with Gasteiger partial charge in [-0.15, -0.1) is 0 Å². The number of nitrogens with zero attached hydrogens (tertiary/aromatic N) is 4. The van der Waals surface area contributed by atoms with Crippen LogP contribution in [0.4, 0.5) is 27.9 Å². The number of nitrogens with one attached hydrogen (secondary N) is 3. The molecule has 3 N–H and O–H groups in total. The lowest BCUT2D eigenvalue weighted by Crippen LogP contribution is -2.35. The number of hydrogen-bond donors (Lipinski definition) is 3. The van der Waals surface area contributed by atoms with Crippen LogP contribution in [0.3, 0.4) is 0 Å². The number of rotatable bonds is 9. The van der Waals surface area contributed by atoms with Crippen molar-refractivity contribution in [2.45, 2.75) is 70.4 Å². The highest BCUT2D eigenvalue weighted by Crippen LogP contribution is 2.25. The minimum absolute atomic E-state index is 0.200. The molecule has 9 heteroatoms. The van der Waals surface area contributed by atoms with Crippen LogP contribution in [0.15, 0.2) is 18.2 Å². The van der Waals surface area contributed by atoms with E-state index in [1.165, 1.54) is 51.7 Å². The normalized spacial score (nSPS) is 19.8. The third-order valence-electron chi connectivity index (χ3n) is 6.63. The van der Waals surface area contributed by atoms with Gasteiger partial charge in [-0.1, -0.05) is 32.6 Å². The number of ether oxygens (including phenoxy) is 1. The summed E-state index contributed by atoms with van der Waals surface area (Å²) in [7, 11) is 1.45. The Morgan fingerprint density at radius 3 is 2.48 bits per heavy atom. The molecule has 0 spiro atoms. The summed E-state index contributed by atoms with van der Waals surface area (Å²) in [6, 6.07) is 5.56. The Morgan fingerprint density at radius 2 is 1.76 bits per heavy atom. The number of methoxy groups -OCH3 is 1. The topological polar surface area (TPSA) is 87.2 Å². The van der Waals surface area contributed by atoms with Crippen molar-refractivity contribution < 1.29 is 9.13 Å². The molecule has 2 heterocycles. The maximum atomic E-state index is 14.2. The lowest BCUT2D eigenvalue weighted by atomic mass is 10.1. The lowest BCUT2D eigenvalue weighted by Gasteiger charge is -2.23. The summed E-state index contributed by atoms with van der Waals surface area (Å²) in [5.41, 5.74) is 0.554. The predicted octanol–water partition coefficient (Wildman–Crippen LogP) is 4.79. The molecule has 8 nitrogen and oxygen atoms in total. The third kappa shape index (κ3) is 6.43. The van der Waals surface area contributed by atoms with Gasteiger partial charge in [0, 0.05) is 30.4 Å². The number of hydrogen-bond acceptors (Lipinski definition) is 8. The van der Waals surface area contributed by atoms with E-state index in [0.717, 1.165) is 32.5 Å². The van der Waals surface area contributed by atoms with Crippen LogP contribution in [0.1, 0.15) is 58.3 Å². The van der Waals surface area contributed by atoms with Gasteiger partial charge in [0.05, 0.1) is 7.11 Å². The number of likely N-dealkylation sites (N-methyl/N-ethyl adjacent to an activating group) is 1. The maximum absolute atomic E-state index is 14.2. The molecule has 1 aliphatic heterocycles. The average Bonchev–Trinajstić information content (AvgIpc) is 3.12. The summed E-state index contributed by atoms with van der Waals surface area (Å²) in [5.74, 6) is 1.22. The van der Waals surface area contributed by atoms with Gasteiger partial charge in [0.15, 0.2) is 11.6 Å². The van der Waals surface area contributed by atoms with Crippen LogP contribution in [-0.4, -0.2) is 58.7 Å². The van der Waals surface area contributed by atoms with Crippen molar-refractivity contribution in [2.24, 2.45) is 0 Å². The molecule has 1 atom stereocenters.